The molecule has 0 N–H and O–H groups in total. The molecule has 1 aromatic heterocycles. The van der Waals surface area contributed by atoms with Crippen molar-refractivity contribution in [1.29, 1.82) is 0 Å². The Morgan fingerprint density at radius 3 is 2.44 bits per heavy atom. The van der Waals surface area contributed by atoms with Crippen LogP contribution < -0.4 is 9.80 Å². The Morgan fingerprint density at radius 2 is 1.58 bits per heavy atom. The van der Waals surface area contributed by atoms with Gasteiger partial charge in [0.1, 0.15) is 18.8 Å². The van der Waals surface area contributed by atoms with Crippen LogP contribution in [0.3, 0.4) is 0 Å². The molecule has 36 heavy (non-hydrogen) atoms. The maximum Gasteiger partial charge on any atom is 0.410 e. The van der Waals surface area contributed by atoms with E-state index in [0.29, 0.717) is 19.7 Å². The average molecular weight is 480 g/mol. The fourth-order valence-electron chi connectivity index (χ4n) is 5.21. The van der Waals surface area contributed by atoms with Crippen molar-refractivity contribution in [2.45, 2.75) is 19.6 Å². The molecule has 0 bridgehead atoms. The number of aromatic nitrogens is 2. The van der Waals surface area contributed by atoms with Crippen molar-refractivity contribution in [3.63, 3.8) is 0 Å². The summed E-state index contributed by atoms with van der Waals surface area (Å²) in [6.45, 7) is 4.70. The number of hydrogen-bond donors (Lipinski definition) is 0. The minimum absolute atomic E-state index is 0.256. The van der Waals surface area contributed by atoms with Crippen molar-refractivity contribution in [3.8, 4) is 0 Å². The van der Waals surface area contributed by atoms with Crippen LogP contribution in [0, 0.1) is 0 Å². The van der Waals surface area contributed by atoms with E-state index >= 15 is 0 Å². The third-order valence-electron chi connectivity index (χ3n) is 7.13. The van der Waals surface area contributed by atoms with E-state index in [4.69, 9.17) is 4.74 Å². The van der Waals surface area contributed by atoms with E-state index in [2.05, 4.69) is 62.2 Å². The second-order valence-electron chi connectivity index (χ2n) is 9.31. The number of carbonyl (C=O) groups excluding carboxylic acids is 1. The molecule has 2 aliphatic rings. The lowest BCUT2D eigenvalue weighted by atomic mass is 10.0. The van der Waals surface area contributed by atoms with Gasteiger partial charge in [-0.05, 0) is 23.4 Å². The number of anilines is 2. The standard InChI is InChI=1S/C29H29N5O2/c35-29(36-20-22-7-2-1-3-8-22)33-17-15-32(16-18-33)28-25-13-14-34(19-26(25)30-21-31-28)27-12-6-10-23-9-4-5-11-24(23)27/h1-12,21H,13-20H2. The highest BCUT2D eigenvalue weighted by Gasteiger charge is 2.28. The average Bonchev–Trinajstić information content (AvgIpc) is 2.95. The lowest BCUT2D eigenvalue weighted by Gasteiger charge is -2.37. The number of hydrogen-bond acceptors (Lipinski definition) is 6. The number of benzene rings is 3. The van der Waals surface area contributed by atoms with Crippen LogP contribution in [-0.4, -0.2) is 53.7 Å². The summed E-state index contributed by atoms with van der Waals surface area (Å²) in [5.74, 6) is 1.01. The topological polar surface area (TPSA) is 61.8 Å². The van der Waals surface area contributed by atoms with E-state index < -0.39 is 0 Å². The predicted molar refractivity (Wildman–Crippen MR) is 141 cm³/mol. The van der Waals surface area contributed by atoms with Crippen LogP contribution in [0.4, 0.5) is 16.3 Å². The van der Waals surface area contributed by atoms with Crippen LogP contribution in [0.2, 0.25) is 0 Å². The Labute approximate surface area is 210 Å². The molecule has 2 aliphatic heterocycles. The van der Waals surface area contributed by atoms with Crippen LogP contribution in [0.5, 0.6) is 0 Å². The SMILES string of the molecule is O=C(OCc1ccccc1)N1CCN(c2ncnc3c2CCN(c2cccc4ccccc24)C3)CC1. The van der Waals surface area contributed by atoms with Gasteiger partial charge in [-0.15, -0.1) is 0 Å². The highest BCUT2D eigenvalue weighted by atomic mass is 16.6. The Balaban J connectivity index is 1.12. The molecule has 1 amide bonds. The number of nitrogens with zero attached hydrogens (tertiary/aromatic N) is 5. The fraction of sp³-hybridized carbons (Fsp3) is 0.276. The van der Waals surface area contributed by atoms with Crippen LogP contribution in [0.1, 0.15) is 16.8 Å². The van der Waals surface area contributed by atoms with E-state index in [9.17, 15) is 4.79 Å². The molecule has 6 rings (SSSR count). The molecule has 0 atom stereocenters. The number of rotatable bonds is 4. The molecule has 0 unspecified atom stereocenters. The fourth-order valence-corrected chi connectivity index (χ4v) is 5.21. The number of ether oxygens (including phenoxy) is 1. The third-order valence-corrected chi connectivity index (χ3v) is 7.13. The van der Waals surface area contributed by atoms with E-state index in [1.54, 1.807) is 11.2 Å². The summed E-state index contributed by atoms with van der Waals surface area (Å²) >= 11 is 0. The van der Waals surface area contributed by atoms with Gasteiger partial charge in [0.25, 0.3) is 0 Å². The molecular formula is C29H29N5O2. The maximum atomic E-state index is 12.6. The van der Waals surface area contributed by atoms with Crippen molar-refractivity contribution in [3.05, 3.63) is 95.9 Å². The van der Waals surface area contributed by atoms with E-state index in [0.717, 1.165) is 49.7 Å². The second-order valence-corrected chi connectivity index (χ2v) is 9.31. The molecule has 7 heteroatoms. The summed E-state index contributed by atoms with van der Waals surface area (Å²) in [6.07, 6.45) is 2.32. The van der Waals surface area contributed by atoms with Gasteiger partial charge in [0.05, 0.1) is 12.2 Å². The normalized spacial score (nSPS) is 15.6. The molecule has 7 nitrogen and oxygen atoms in total. The summed E-state index contributed by atoms with van der Waals surface area (Å²) in [5.41, 5.74) is 4.56. The van der Waals surface area contributed by atoms with Crippen molar-refractivity contribution in [1.82, 2.24) is 14.9 Å². The lowest BCUT2D eigenvalue weighted by molar-refractivity contribution is 0.0941. The van der Waals surface area contributed by atoms with Gasteiger partial charge in [-0.3, -0.25) is 0 Å². The van der Waals surface area contributed by atoms with E-state index in [1.807, 2.05) is 30.3 Å². The zero-order valence-corrected chi connectivity index (χ0v) is 20.2. The van der Waals surface area contributed by atoms with Crippen LogP contribution in [0.25, 0.3) is 10.8 Å². The second kappa shape index (κ2) is 9.85. The van der Waals surface area contributed by atoms with Crippen molar-refractivity contribution in [2.24, 2.45) is 0 Å². The highest BCUT2D eigenvalue weighted by molar-refractivity contribution is 5.94. The summed E-state index contributed by atoms with van der Waals surface area (Å²) in [6, 6.07) is 24.8. The predicted octanol–water partition coefficient (Wildman–Crippen LogP) is 4.65. The Kier molecular flexibility index (Phi) is 6.11. The number of piperazine rings is 1. The first kappa shape index (κ1) is 22.3. The first-order chi connectivity index (χ1) is 17.8. The van der Waals surface area contributed by atoms with Crippen LogP contribution >= 0.6 is 0 Å². The van der Waals surface area contributed by atoms with Crippen LogP contribution in [0.15, 0.2) is 79.1 Å². The van der Waals surface area contributed by atoms with Gasteiger partial charge in [-0.25, -0.2) is 14.8 Å². The number of amides is 1. The van der Waals surface area contributed by atoms with Gasteiger partial charge in [0, 0.05) is 49.4 Å². The zero-order chi connectivity index (χ0) is 24.3. The smallest absolute Gasteiger partial charge is 0.410 e. The molecule has 3 heterocycles. The minimum Gasteiger partial charge on any atom is -0.445 e. The molecule has 182 valence electrons. The third kappa shape index (κ3) is 4.44. The molecule has 0 spiro atoms. The molecule has 0 aliphatic carbocycles. The summed E-state index contributed by atoms with van der Waals surface area (Å²) in [5, 5.41) is 2.53. The molecule has 1 fully saturated rings. The molecule has 0 saturated carbocycles. The van der Waals surface area contributed by atoms with Gasteiger partial charge < -0.3 is 19.4 Å². The van der Waals surface area contributed by atoms with Crippen molar-refractivity contribution >= 4 is 28.4 Å². The van der Waals surface area contributed by atoms with Crippen molar-refractivity contribution in [2.75, 3.05) is 42.5 Å². The monoisotopic (exact) mass is 479 g/mol. The van der Waals surface area contributed by atoms with Crippen LogP contribution in [-0.2, 0) is 24.3 Å². The van der Waals surface area contributed by atoms with Gasteiger partial charge in [0.2, 0.25) is 0 Å². The molecule has 3 aromatic carbocycles. The summed E-state index contributed by atoms with van der Waals surface area (Å²) in [7, 11) is 0. The quantitative estimate of drug-likeness (QED) is 0.425. The first-order valence-electron chi connectivity index (χ1n) is 12.5. The lowest BCUT2D eigenvalue weighted by Crippen LogP contribution is -2.49. The maximum absolute atomic E-state index is 12.6. The van der Waals surface area contributed by atoms with Gasteiger partial charge >= 0.3 is 6.09 Å². The number of fused-ring (bicyclic) bond motifs is 2. The highest BCUT2D eigenvalue weighted by Crippen LogP contribution is 2.32. The zero-order valence-electron chi connectivity index (χ0n) is 20.2. The van der Waals surface area contributed by atoms with Gasteiger partial charge in [-0.2, -0.15) is 0 Å². The van der Waals surface area contributed by atoms with E-state index in [-0.39, 0.29) is 6.09 Å². The molecule has 0 radical (unpaired) electrons. The van der Waals surface area contributed by atoms with Gasteiger partial charge in [-0.1, -0.05) is 66.7 Å². The minimum atomic E-state index is -0.256. The van der Waals surface area contributed by atoms with Crippen molar-refractivity contribution < 1.29 is 9.53 Å². The molecule has 4 aromatic rings. The summed E-state index contributed by atoms with van der Waals surface area (Å²) < 4.78 is 5.52. The molecular weight excluding hydrogens is 450 g/mol. The Hall–Kier alpha value is -4.13. The van der Waals surface area contributed by atoms with Gasteiger partial charge in [0.15, 0.2) is 0 Å². The number of carbonyl (C=O) groups is 1. The summed E-state index contributed by atoms with van der Waals surface area (Å²) in [4.78, 5) is 28.4. The van der Waals surface area contributed by atoms with E-state index in [1.165, 1.54) is 22.0 Å². The Morgan fingerprint density at radius 1 is 0.806 bits per heavy atom. The first-order valence-corrected chi connectivity index (χ1v) is 12.5. The molecule has 1 saturated heterocycles. The largest absolute Gasteiger partial charge is 0.445 e. The Bertz CT molecular complexity index is 1360.